The van der Waals surface area contributed by atoms with Gasteiger partial charge in [-0.05, 0) is 69.8 Å². The van der Waals surface area contributed by atoms with E-state index in [1.807, 2.05) is 18.2 Å². The highest BCUT2D eigenvalue weighted by Crippen LogP contribution is 2.44. The number of unbranched alkanes of at least 4 members (excludes halogenated alkanes) is 12. The Labute approximate surface area is 363 Å². The highest BCUT2D eigenvalue weighted by Gasteiger charge is 2.29. The quantitative estimate of drug-likeness (QED) is 0.0128. The van der Waals surface area contributed by atoms with Gasteiger partial charge in [-0.3, -0.25) is 28.0 Å². The van der Waals surface area contributed by atoms with E-state index in [4.69, 9.17) is 23.8 Å². The summed E-state index contributed by atoms with van der Waals surface area (Å²) in [5.74, 6) is -1.57. The molecule has 0 bridgehead atoms. The van der Waals surface area contributed by atoms with Gasteiger partial charge in [-0.2, -0.15) is 0 Å². The third-order valence-corrected chi connectivity index (χ3v) is 11.1. The summed E-state index contributed by atoms with van der Waals surface area (Å²) < 4.78 is 47.8. The molecule has 0 aromatic rings. The van der Waals surface area contributed by atoms with Crippen LogP contribution in [0.25, 0.3) is 0 Å². The van der Waals surface area contributed by atoms with Crippen LogP contribution in [0.1, 0.15) is 142 Å². The Bertz CT molecular complexity index is 1450. The van der Waals surface area contributed by atoms with Gasteiger partial charge >= 0.3 is 27.6 Å². The molecule has 61 heavy (non-hydrogen) atoms. The lowest BCUT2D eigenvalue weighted by atomic mass is 9.90. The Balaban J connectivity index is 2.56. The number of ketones is 1. The number of rotatable bonds is 38. The summed E-state index contributed by atoms with van der Waals surface area (Å²) in [7, 11) is -9.76. The Morgan fingerprint density at radius 2 is 1.30 bits per heavy atom. The number of aliphatic hydroxyl groups excluding tert-OH is 2. The standard InChI is InChI=1S/C44H74O15P2/c1-3-5-7-8-9-10-11-12-13-14-15-16-17-18-23-27-43(48)55-35-40(36-58-61(53,54)57-34-39(46)33-56-60(50,51)52)59-44(49)28-24-20-19-22-25-37-29-32-42(47)41(37)31-30-38(45)26-21-6-4-2/h10-13,19,22,29-32,37-41,45-46H,3-9,14-18,20-21,23-28,33-36H2,1-2H3,(H,53,54)(H2,50,51,52)/b11-10-,13-12-,22-19-,31-30+/t37-,38-,39-,40+,41+/m0/s1. The fraction of sp³-hybridized carbons (Fsp3) is 0.705. The zero-order chi connectivity index (χ0) is 45.2. The molecule has 0 heterocycles. The second-order valence-electron chi connectivity index (χ2n) is 15.3. The van der Waals surface area contributed by atoms with Crippen LogP contribution in [0.2, 0.25) is 0 Å². The van der Waals surface area contributed by atoms with Gasteiger partial charge in [0, 0.05) is 18.8 Å². The van der Waals surface area contributed by atoms with Crippen molar-refractivity contribution in [2.24, 2.45) is 11.8 Å². The molecule has 6 atom stereocenters. The van der Waals surface area contributed by atoms with Crippen LogP contribution in [-0.4, -0.2) is 87.4 Å². The Kier molecular flexibility index (Phi) is 32.3. The van der Waals surface area contributed by atoms with E-state index in [1.54, 1.807) is 18.2 Å². The summed E-state index contributed by atoms with van der Waals surface area (Å²) in [5.41, 5.74) is 0. The van der Waals surface area contributed by atoms with Crippen LogP contribution in [0.5, 0.6) is 0 Å². The highest BCUT2D eigenvalue weighted by atomic mass is 31.2. The predicted molar refractivity (Wildman–Crippen MR) is 234 cm³/mol. The largest absolute Gasteiger partial charge is 0.472 e. The summed E-state index contributed by atoms with van der Waals surface area (Å²) in [6.45, 7) is 1.38. The molecule has 0 aliphatic heterocycles. The molecular formula is C44H74O15P2. The van der Waals surface area contributed by atoms with Gasteiger partial charge in [-0.25, -0.2) is 9.13 Å². The third-order valence-electron chi connectivity index (χ3n) is 9.64. The van der Waals surface area contributed by atoms with E-state index >= 15 is 0 Å². The number of phosphoric ester groups is 2. The number of carbonyl (C=O) groups is 3. The number of aliphatic hydroxyl groups is 2. The molecule has 17 heteroatoms. The van der Waals surface area contributed by atoms with Gasteiger partial charge in [0.1, 0.15) is 12.7 Å². The maximum Gasteiger partial charge on any atom is 0.472 e. The molecule has 0 aromatic carbocycles. The van der Waals surface area contributed by atoms with Crippen molar-refractivity contribution in [3.8, 4) is 0 Å². The number of phosphoric acid groups is 2. The zero-order valence-electron chi connectivity index (χ0n) is 36.3. The van der Waals surface area contributed by atoms with Crippen LogP contribution in [0.4, 0.5) is 0 Å². The van der Waals surface area contributed by atoms with Crippen molar-refractivity contribution in [1.29, 1.82) is 0 Å². The number of allylic oxidation sites excluding steroid dienone is 9. The van der Waals surface area contributed by atoms with Gasteiger partial charge in [-0.15, -0.1) is 0 Å². The molecule has 0 saturated heterocycles. The molecule has 1 rings (SSSR count). The van der Waals surface area contributed by atoms with Gasteiger partial charge in [0.25, 0.3) is 0 Å². The maximum absolute atomic E-state index is 12.8. The SMILES string of the molecule is CCCCCC/C=C\C=C/CCCCCCCC(=O)OC[C@H](COP(=O)(O)OC[C@@H](O)COP(=O)(O)O)OC(=O)CCC/C=C\C[C@H]1C=CC(=O)[C@@H]1/C=C/[C@@H](O)CCCCC. The van der Waals surface area contributed by atoms with Crippen LogP contribution >= 0.6 is 15.6 Å². The first kappa shape index (κ1) is 56.5. The normalized spacial score (nSPS) is 18.4. The van der Waals surface area contributed by atoms with Crippen LogP contribution in [0.3, 0.4) is 0 Å². The van der Waals surface area contributed by atoms with E-state index in [-0.39, 0.29) is 30.5 Å². The summed E-state index contributed by atoms with van der Waals surface area (Å²) in [6, 6.07) is 0. The number of esters is 2. The minimum absolute atomic E-state index is 0.00162. The van der Waals surface area contributed by atoms with Crippen molar-refractivity contribution in [1.82, 2.24) is 0 Å². The van der Waals surface area contributed by atoms with Crippen molar-refractivity contribution < 1.29 is 71.5 Å². The lowest BCUT2D eigenvalue weighted by Crippen LogP contribution is -2.29. The van der Waals surface area contributed by atoms with Crippen molar-refractivity contribution in [2.45, 2.75) is 161 Å². The van der Waals surface area contributed by atoms with Gasteiger partial charge < -0.3 is 34.4 Å². The first-order valence-electron chi connectivity index (χ1n) is 22.1. The van der Waals surface area contributed by atoms with Crippen molar-refractivity contribution in [2.75, 3.05) is 26.4 Å². The molecule has 0 fully saturated rings. The fourth-order valence-electron chi connectivity index (χ4n) is 6.15. The Hall–Kier alpha value is -2.55. The molecule has 350 valence electrons. The number of carbonyl (C=O) groups excluding carboxylic acids is 3. The van der Waals surface area contributed by atoms with E-state index in [9.17, 15) is 38.6 Å². The van der Waals surface area contributed by atoms with Crippen molar-refractivity contribution in [3.63, 3.8) is 0 Å². The molecule has 0 spiro atoms. The molecule has 5 N–H and O–H groups in total. The molecular weight excluding hydrogens is 830 g/mol. The number of hydrogen-bond acceptors (Lipinski definition) is 12. The number of ether oxygens (including phenoxy) is 2. The highest BCUT2D eigenvalue weighted by molar-refractivity contribution is 7.47. The molecule has 1 aliphatic rings. The van der Waals surface area contributed by atoms with E-state index in [0.717, 1.165) is 57.8 Å². The van der Waals surface area contributed by atoms with Gasteiger partial charge in [0.2, 0.25) is 0 Å². The van der Waals surface area contributed by atoms with E-state index < -0.39 is 72.3 Å². The first-order chi connectivity index (χ1) is 29.2. The van der Waals surface area contributed by atoms with E-state index in [0.29, 0.717) is 32.1 Å². The monoisotopic (exact) mass is 904 g/mol. The van der Waals surface area contributed by atoms with Gasteiger partial charge in [0.05, 0.1) is 25.9 Å². The number of hydrogen-bond donors (Lipinski definition) is 5. The van der Waals surface area contributed by atoms with Crippen LogP contribution in [0.15, 0.2) is 60.8 Å². The minimum Gasteiger partial charge on any atom is -0.462 e. The molecule has 0 aromatic heterocycles. The lowest BCUT2D eigenvalue weighted by Gasteiger charge is -2.20. The van der Waals surface area contributed by atoms with Crippen LogP contribution in [-0.2, 0) is 46.6 Å². The smallest absolute Gasteiger partial charge is 0.462 e. The molecule has 1 aliphatic carbocycles. The maximum atomic E-state index is 12.8. The van der Waals surface area contributed by atoms with Crippen LogP contribution in [0, 0.1) is 11.8 Å². The summed E-state index contributed by atoms with van der Waals surface area (Å²) in [6.07, 6.45) is 32.7. The average Bonchev–Trinajstić information content (AvgIpc) is 3.57. The van der Waals surface area contributed by atoms with Gasteiger partial charge in [0.15, 0.2) is 11.9 Å². The fourth-order valence-corrected chi connectivity index (χ4v) is 7.31. The Morgan fingerprint density at radius 3 is 1.98 bits per heavy atom. The zero-order valence-corrected chi connectivity index (χ0v) is 38.1. The van der Waals surface area contributed by atoms with Crippen LogP contribution < -0.4 is 0 Å². The van der Waals surface area contributed by atoms with E-state index in [2.05, 4.69) is 47.2 Å². The second kappa shape index (κ2) is 34.9. The van der Waals surface area contributed by atoms with Gasteiger partial charge in [-0.1, -0.05) is 126 Å². The third kappa shape index (κ3) is 32.7. The molecule has 0 radical (unpaired) electrons. The predicted octanol–water partition coefficient (Wildman–Crippen LogP) is 8.84. The summed E-state index contributed by atoms with van der Waals surface area (Å²) in [4.78, 5) is 65.3. The summed E-state index contributed by atoms with van der Waals surface area (Å²) in [5, 5.41) is 20.0. The second-order valence-corrected chi connectivity index (χ2v) is 18.0. The average molecular weight is 905 g/mol. The summed E-state index contributed by atoms with van der Waals surface area (Å²) >= 11 is 0. The van der Waals surface area contributed by atoms with Crippen molar-refractivity contribution >= 4 is 33.4 Å². The molecule has 1 unspecified atom stereocenters. The lowest BCUT2D eigenvalue weighted by molar-refractivity contribution is -0.161. The van der Waals surface area contributed by atoms with E-state index in [1.165, 1.54) is 25.7 Å². The Morgan fingerprint density at radius 1 is 0.705 bits per heavy atom. The van der Waals surface area contributed by atoms with Crippen molar-refractivity contribution in [3.05, 3.63) is 60.8 Å². The first-order valence-corrected chi connectivity index (χ1v) is 25.1. The minimum atomic E-state index is -4.89. The molecule has 0 saturated carbocycles. The molecule has 15 nitrogen and oxygen atoms in total. The molecule has 0 amide bonds. The topological polar surface area (TPSA) is 233 Å².